The van der Waals surface area contributed by atoms with Gasteiger partial charge in [0.15, 0.2) is 5.69 Å². The monoisotopic (exact) mass is 185 g/mol. The van der Waals surface area contributed by atoms with Crippen molar-refractivity contribution in [2.75, 3.05) is 6.61 Å². The van der Waals surface area contributed by atoms with Crippen LogP contribution in [0.1, 0.15) is 29.2 Å². The van der Waals surface area contributed by atoms with Crippen LogP contribution in [-0.4, -0.2) is 16.9 Å². The van der Waals surface area contributed by atoms with E-state index in [9.17, 15) is 4.79 Å². The van der Waals surface area contributed by atoms with Crippen molar-refractivity contribution in [3.05, 3.63) is 16.6 Å². The molecule has 66 valence electrons. The van der Waals surface area contributed by atoms with Crippen LogP contribution in [0.2, 0.25) is 0 Å². The van der Waals surface area contributed by atoms with E-state index >= 15 is 0 Å². The third-order valence-electron chi connectivity index (χ3n) is 1.39. The van der Waals surface area contributed by atoms with Gasteiger partial charge in [0, 0.05) is 4.88 Å². The van der Waals surface area contributed by atoms with Gasteiger partial charge in [-0.2, -0.15) is 4.37 Å². The Morgan fingerprint density at radius 3 is 2.92 bits per heavy atom. The Morgan fingerprint density at radius 1 is 1.67 bits per heavy atom. The van der Waals surface area contributed by atoms with Crippen molar-refractivity contribution in [3.8, 4) is 0 Å². The van der Waals surface area contributed by atoms with Gasteiger partial charge >= 0.3 is 5.97 Å². The van der Waals surface area contributed by atoms with Crippen LogP contribution in [0, 0.1) is 0 Å². The summed E-state index contributed by atoms with van der Waals surface area (Å²) in [5, 5.41) is 0. The average molecular weight is 185 g/mol. The van der Waals surface area contributed by atoms with Gasteiger partial charge in [-0.05, 0) is 30.9 Å². The summed E-state index contributed by atoms with van der Waals surface area (Å²) in [4.78, 5) is 12.2. The number of carbonyl (C=O) groups excluding carboxylic acids is 1. The first-order valence-electron chi connectivity index (χ1n) is 3.90. The van der Waals surface area contributed by atoms with Crippen molar-refractivity contribution in [2.45, 2.75) is 20.3 Å². The molecular formula is C8H11NO2S. The van der Waals surface area contributed by atoms with Crippen molar-refractivity contribution in [3.63, 3.8) is 0 Å². The second kappa shape index (κ2) is 4.21. The molecule has 0 unspecified atom stereocenters. The fourth-order valence-electron chi connectivity index (χ4n) is 0.781. The molecule has 0 aliphatic heterocycles. The second-order valence-corrected chi connectivity index (χ2v) is 3.14. The average Bonchev–Trinajstić information content (AvgIpc) is 2.52. The molecule has 0 fully saturated rings. The van der Waals surface area contributed by atoms with Crippen LogP contribution in [0.5, 0.6) is 0 Å². The Kier molecular flexibility index (Phi) is 3.22. The lowest BCUT2D eigenvalue weighted by Crippen LogP contribution is -2.04. The summed E-state index contributed by atoms with van der Waals surface area (Å²) in [7, 11) is 0. The Morgan fingerprint density at radius 2 is 2.42 bits per heavy atom. The SMILES string of the molecule is CCOC(=O)c1cc(CC)sn1. The molecular weight excluding hydrogens is 174 g/mol. The number of ether oxygens (including phenoxy) is 1. The Bertz CT molecular complexity index is 270. The van der Waals surface area contributed by atoms with Gasteiger partial charge < -0.3 is 4.74 Å². The van der Waals surface area contributed by atoms with E-state index < -0.39 is 0 Å². The molecule has 0 saturated carbocycles. The van der Waals surface area contributed by atoms with E-state index in [1.165, 1.54) is 11.5 Å². The minimum Gasteiger partial charge on any atom is -0.461 e. The van der Waals surface area contributed by atoms with Crippen LogP contribution in [-0.2, 0) is 11.2 Å². The van der Waals surface area contributed by atoms with E-state index in [4.69, 9.17) is 4.74 Å². The topological polar surface area (TPSA) is 39.2 Å². The van der Waals surface area contributed by atoms with E-state index in [1.807, 2.05) is 6.92 Å². The number of aryl methyl sites for hydroxylation is 1. The van der Waals surface area contributed by atoms with Crippen LogP contribution < -0.4 is 0 Å². The van der Waals surface area contributed by atoms with E-state index in [1.54, 1.807) is 13.0 Å². The summed E-state index contributed by atoms with van der Waals surface area (Å²) < 4.78 is 8.76. The molecule has 0 spiro atoms. The number of nitrogens with zero attached hydrogens (tertiary/aromatic N) is 1. The molecule has 12 heavy (non-hydrogen) atoms. The molecule has 0 aliphatic rings. The highest BCUT2D eigenvalue weighted by atomic mass is 32.1. The lowest BCUT2D eigenvalue weighted by molar-refractivity contribution is 0.0521. The fourth-order valence-corrected chi connectivity index (χ4v) is 1.42. The fraction of sp³-hybridized carbons (Fsp3) is 0.500. The van der Waals surface area contributed by atoms with Crippen LogP contribution in [0.15, 0.2) is 6.07 Å². The molecule has 4 heteroatoms. The normalized spacial score (nSPS) is 9.83. The van der Waals surface area contributed by atoms with E-state index in [0.29, 0.717) is 12.3 Å². The first kappa shape index (κ1) is 9.19. The first-order valence-corrected chi connectivity index (χ1v) is 4.68. The molecule has 0 amide bonds. The number of carbonyl (C=O) groups is 1. The van der Waals surface area contributed by atoms with Gasteiger partial charge in [0.1, 0.15) is 0 Å². The highest BCUT2D eigenvalue weighted by molar-refractivity contribution is 7.05. The molecule has 1 rings (SSSR count). The maximum atomic E-state index is 11.1. The first-order chi connectivity index (χ1) is 5.77. The Balaban J connectivity index is 2.68. The number of aromatic nitrogens is 1. The molecule has 1 aromatic rings. The third kappa shape index (κ3) is 2.04. The van der Waals surface area contributed by atoms with E-state index in [2.05, 4.69) is 4.37 Å². The van der Waals surface area contributed by atoms with Crippen molar-refractivity contribution in [1.29, 1.82) is 0 Å². The molecule has 0 N–H and O–H groups in total. The van der Waals surface area contributed by atoms with Gasteiger partial charge in [-0.1, -0.05) is 6.92 Å². The molecule has 0 aromatic carbocycles. The summed E-state index contributed by atoms with van der Waals surface area (Å²) in [6, 6.07) is 1.78. The van der Waals surface area contributed by atoms with Crippen LogP contribution in [0.4, 0.5) is 0 Å². The number of hydrogen-bond acceptors (Lipinski definition) is 4. The number of hydrogen-bond donors (Lipinski definition) is 0. The van der Waals surface area contributed by atoms with Gasteiger partial charge in [-0.25, -0.2) is 4.79 Å². The summed E-state index contributed by atoms with van der Waals surface area (Å²) in [5.74, 6) is -0.326. The molecule has 0 atom stereocenters. The predicted octanol–water partition coefficient (Wildman–Crippen LogP) is 1.88. The zero-order valence-corrected chi connectivity index (χ0v) is 7.98. The van der Waals surface area contributed by atoms with Gasteiger partial charge in [-0.15, -0.1) is 0 Å². The molecule has 0 saturated heterocycles. The maximum Gasteiger partial charge on any atom is 0.358 e. The predicted molar refractivity (Wildman–Crippen MR) is 47.4 cm³/mol. The summed E-state index contributed by atoms with van der Waals surface area (Å²) in [6.07, 6.45) is 0.914. The van der Waals surface area contributed by atoms with Crippen molar-refractivity contribution < 1.29 is 9.53 Å². The quantitative estimate of drug-likeness (QED) is 0.675. The lowest BCUT2D eigenvalue weighted by Gasteiger charge is -1.95. The molecule has 3 nitrogen and oxygen atoms in total. The molecule has 1 aromatic heterocycles. The largest absolute Gasteiger partial charge is 0.461 e. The zero-order chi connectivity index (χ0) is 8.97. The minimum absolute atomic E-state index is 0.326. The summed E-state index contributed by atoms with van der Waals surface area (Å²) >= 11 is 1.35. The highest BCUT2D eigenvalue weighted by Gasteiger charge is 2.09. The van der Waals surface area contributed by atoms with Crippen molar-refractivity contribution in [1.82, 2.24) is 4.37 Å². The Hall–Kier alpha value is -0.900. The third-order valence-corrected chi connectivity index (χ3v) is 2.32. The number of rotatable bonds is 3. The summed E-state index contributed by atoms with van der Waals surface area (Å²) in [5.41, 5.74) is 0.429. The highest BCUT2D eigenvalue weighted by Crippen LogP contribution is 2.11. The Labute approximate surface area is 75.5 Å². The smallest absolute Gasteiger partial charge is 0.358 e. The van der Waals surface area contributed by atoms with Crippen LogP contribution >= 0.6 is 11.5 Å². The molecule has 0 radical (unpaired) electrons. The minimum atomic E-state index is -0.326. The lowest BCUT2D eigenvalue weighted by atomic mass is 10.3. The van der Waals surface area contributed by atoms with Crippen LogP contribution in [0.3, 0.4) is 0 Å². The molecule has 1 heterocycles. The number of esters is 1. The zero-order valence-electron chi connectivity index (χ0n) is 7.16. The second-order valence-electron chi connectivity index (χ2n) is 2.25. The van der Waals surface area contributed by atoms with Gasteiger partial charge in [-0.3, -0.25) is 0 Å². The van der Waals surface area contributed by atoms with Crippen molar-refractivity contribution in [2.24, 2.45) is 0 Å². The molecule has 0 aliphatic carbocycles. The maximum absolute atomic E-state index is 11.1. The standard InChI is InChI=1S/C8H11NO2S/c1-3-6-5-7(9-12-6)8(10)11-4-2/h5H,3-4H2,1-2H3. The van der Waals surface area contributed by atoms with Crippen LogP contribution in [0.25, 0.3) is 0 Å². The molecule has 0 bridgehead atoms. The summed E-state index contributed by atoms with van der Waals surface area (Å²) in [6.45, 7) is 4.21. The van der Waals surface area contributed by atoms with E-state index in [0.717, 1.165) is 11.3 Å². The van der Waals surface area contributed by atoms with Gasteiger partial charge in [0.25, 0.3) is 0 Å². The van der Waals surface area contributed by atoms with Gasteiger partial charge in [0.05, 0.1) is 6.61 Å². The van der Waals surface area contributed by atoms with E-state index in [-0.39, 0.29) is 5.97 Å². The van der Waals surface area contributed by atoms with Gasteiger partial charge in [0.2, 0.25) is 0 Å². The van der Waals surface area contributed by atoms with Crippen molar-refractivity contribution >= 4 is 17.5 Å².